The Kier molecular flexibility index (Phi) is 6.49. The molecule has 0 spiro atoms. The van der Waals surface area contributed by atoms with Gasteiger partial charge in [0, 0.05) is 32.0 Å². The van der Waals surface area contributed by atoms with Crippen molar-refractivity contribution in [2.45, 2.75) is 26.7 Å². The van der Waals surface area contributed by atoms with Gasteiger partial charge in [-0.3, -0.25) is 5.43 Å². The highest BCUT2D eigenvalue weighted by Crippen LogP contribution is 2.18. The van der Waals surface area contributed by atoms with E-state index in [1.54, 1.807) is 13.1 Å². The lowest BCUT2D eigenvalue weighted by Crippen LogP contribution is -2.37. The number of rotatable bonds is 7. The van der Waals surface area contributed by atoms with Gasteiger partial charge in [0.1, 0.15) is 17.4 Å². The van der Waals surface area contributed by atoms with Crippen LogP contribution in [-0.4, -0.2) is 48.3 Å². The predicted molar refractivity (Wildman–Crippen MR) is 106 cm³/mol. The van der Waals surface area contributed by atoms with Crippen molar-refractivity contribution in [1.29, 1.82) is 0 Å². The molecule has 1 aliphatic heterocycles. The average Bonchev–Trinajstić information content (AvgIpc) is 2.67. The zero-order valence-corrected chi connectivity index (χ0v) is 15.8. The Morgan fingerprint density at radius 1 is 1.30 bits per heavy atom. The third-order valence-electron chi connectivity index (χ3n) is 4.23. The van der Waals surface area contributed by atoms with E-state index in [1.165, 1.54) is 5.56 Å². The Labute approximate surface area is 159 Å². The van der Waals surface area contributed by atoms with E-state index in [4.69, 9.17) is 4.74 Å². The lowest BCUT2D eigenvalue weighted by molar-refractivity contribution is -0.117. The highest BCUT2D eigenvalue weighted by molar-refractivity contribution is 5.80. The summed E-state index contributed by atoms with van der Waals surface area (Å²) in [6.07, 6.45) is 2.71. The van der Waals surface area contributed by atoms with Crippen molar-refractivity contribution in [3.63, 3.8) is 0 Å². The molecule has 0 unspecified atom stereocenters. The minimum Gasteiger partial charge on any atom is -0.378 e. The molecular weight excluding hydrogens is 342 g/mol. The second kappa shape index (κ2) is 9.23. The first-order valence-electron chi connectivity index (χ1n) is 9.16. The highest BCUT2D eigenvalue weighted by Gasteiger charge is 2.15. The van der Waals surface area contributed by atoms with Crippen molar-refractivity contribution in [3.05, 3.63) is 47.3 Å². The average molecular weight is 367 g/mol. The maximum Gasteiger partial charge on any atom is 0.152 e. The first-order valence-corrected chi connectivity index (χ1v) is 9.16. The first kappa shape index (κ1) is 19.0. The van der Waals surface area contributed by atoms with Crippen molar-refractivity contribution >= 4 is 23.6 Å². The Morgan fingerprint density at radius 2 is 2.11 bits per heavy atom. The van der Waals surface area contributed by atoms with Crippen LogP contribution >= 0.6 is 0 Å². The molecule has 1 saturated heterocycles. The van der Waals surface area contributed by atoms with Crippen molar-refractivity contribution in [2.75, 3.05) is 36.6 Å². The smallest absolute Gasteiger partial charge is 0.152 e. The van der Waals surface area contributed by atoms with E-state index in [2.05, 4.69) is 31.5 Å². The van der Waals surface area contributed by atoms with Crippen molar-refractivity contribution in [3.8, 4) is 0 Å². The molecule has 0 radical (unpaired) electrons. The number of benzene rings is 1. The normalized spacial score (nSPS) is 14.5. The van der Waals surface area contributed by atoms with Crippen LogP contribution < -0.4 is 10.3 Å². The van der Waals surface area contributed by atoms with Gasteiger partial charge in [-0.15, -0.1) is 0 Å². The molecule has 1 fully saturated rings. The molecule has 0 atom stereocenters. The number of carbonyl (C=O) groups is 1. The number of hydrogen-bond donors (Lipinski definition) is 1. The van der Waals surface area contributed by atoms with Gasteiger partial charge in [-0.25, -0.2) is 9.97 Å². The summed E-state index contributed by atoms with van der Waals surface area (Å²) in [4.78, 5) is 22.6. The minimum atomic E-state index is 0.127. The molecule has 0 saturated carbocycles. The first-order chi connectivity index (χ1) is 13.1. The lowest BCUT2D eigenvalue weighted by atomic mass is 10.2. The maximum atomic E-state index is 11.3. The SMILES string of the molecule is CC(=O)CCc1nc(N/N=C\c2cccc(C)c2)cc(N2CCOCC2)n1. The number of Topliss-reactive ketones (excluding diaryl/α,β-unsaturated/α-hetero) is 1. The molecule has 1 aromatic heterocycles. The number of aryl methyl sites for hydroxylation is 2. The molecule has 1 N–H and O–H groups in total. The quantitative estimate of drug-likeness (QED) is 0.598. The number of morpholine rings is 1. The van der Waals surface area contributed by atoms with Gasteiger partial charge in [-0.05, 0) is 19.4 Å². The van der Waals surface area contributed by atoms with Gasteiger partial charge in [-0.2, -0.15) is 5.10 Å². The zero-order chi connectivity index (χ0) is 19.1. The number of ketones is 1. The van der Waals surface area contributed by atoms with E-state index in [0.29, 0.717) is 37.7 Å². The van der Waals surface area contributed by atoms with Crippen LogP contribution in [0.1, 0.15) is 30.3 Å². The number of hydrogen-bond acceptors (Lipinski definition) is 7. The summed E-state index contributed by atoms with van der Waals surface area (Å²) in [5.41, 5.74) is 5.19. The molecule has 7 nitrogen and oxygen atoms in total. The molecule has 0 aliphatic carbocycles. The van der Waals surface area contributed by atoms with E-state index < -0.39 is 0 Å². The summed E-state index contributed by atoms with van der Waals surface area (Å²) in [5.74, 6) is 2.22. The van der Waals surface area contributed by atoms with Gasteiger partial charge >= 0.3 is 0 Å². The second-order valence-corrected chi connectivity index (χ2v) is 6.61. The molecule has 7 heteroatoms. The highest BCUT2D eigenvalue weighted by atomic mass is 16.5. The fourth-order valence-corrected chi connectivity index (χ4v) is 2.82. The standard InChI is InChI=1S/C20H25N5O2/c1-15-4-3-5-17(12-15)14-21-24-19-13-20(25-8-10-27-11-9-25)23-18(22-19)7-6-16(2)26/h3-5,12-14H,6-11H2,1-2H3,(H,22,23,24)/b21-14-. The Morgan fingerprint density at radius 3 is 2.85 bits per heavy atom. The van der Waals surface area contributed by atoms with Gasteiger partial charge in [0.05, 0.1) is 19.4 Å². The molecule has 0 bridgehead atoms. The van der Waals surface area contributed by atoms with E-state index in [0.717, 1.165) is 24.5 Å². The van der Waals surface area contributed by atoms with Crippen LogP contribution in [0.5, 0.6) is 0 Å². The van der Waals surface area contributed by atoms with Crippen LogP contribution in [0.4, 0.5) is 11.6 Å². The number of ether oxygens (including phenoxy) is 1. The topological polar surface area (TPSA) is 79.7 Å². The number of nitrogens with zero attached hydrogens (tertiary/aromatic N) is 4. The van der Waals surface area contributed by atoms with Crippen LogP contribution in [0.25, 0.3) is 0 Å². The molecule has 1 aliphatic rings. The van der Waals surface area contributed by atoms with Crippen molar-refractivity contribution in [1.82, 2.24) is 9.97 Å². The fraction of sp³-hybridized carbons (Fsp3) is 0.400. The third-order valence-corrected chi connectivity index (χ3v) is 4.23. The predicted octanol–water partition coefficient (Wildman–Crippen LogP) is 2.59. The maximum absolute atomic E-state index is 11.3. The number of anilines is 2. The van der Waals surface area contributed by atoms with Gasteiger partial charge in [-0.1, -0.05) is 29.8 Å². The number of hydrazone groups is 1. The van der Waals surface area contributed by atoms with Gasteiger partial charge in [0.2, 0.25) is 0 Å². The molecule has 27 heavy (non-hydrogen) atoms. The van der Waals surface area contributed by atoms with Crippen LogP contribution in [-0.2, 0) is 16.0 Å². The summed E-state index contributed by atoms with van der Waals surface area (Å²) in [7, 11) is 0. The fourth-order valence-electron chi connectivity index (χ4n) is 2.82. The molecule has 3 rings (SSSR count). The van der Waals surface area contributed by atoms with E-state index in [-0.39, 0.29) is 5.78 Å². The summed E-state index contributed by atoms with van der Waals surface area (Å²) >= 11 is 0. The van der Waals surface area contributed by atoms with Crippen molar-refractivity contribution < 1.29 is 9.53 Å². The van der Waals surface area contributed by atoms with Crippen LogP contribution in [0.2, 0.25) is 0 Å². The summed E-state index contributed by atoms with van der Waals surface area (Å²) < 4.78 is 5.42. The van der Waals surface area contributed by atoms with Crippen LogP contribution in [0, 0.1) is 6.92 Å². The van der Waals surface area contributed by atoms with E-state index in [9.17, 15) is 4.79 Å². The molecule has 0 amide bonds. The minimum absolute atomic E-state index is 0.127. The van der Waals surface area contributed by atoms with Gasteiger partial charge < -0.3 is 14.4 Å². The van der Waals surface area contributed by atoms with E-state index >= 15 is 0 Å². The number of carbonyl (C=O) groups excluding carboxylic acids is 1. The summed E-state index contributed by atoms with van der Waals surface area (Å²) in [6, 6.07) is 9.98. The molecule has 2 aromatic rings. The van der Waals surface area contributed by atoms with Gasteiger partial charge in [0.25, 0.3) is 0 Å². The van der Waals surface area contributed by atoms with Crippen LogP contribution in [0.3, 0.4) is 0 Å². The summed E-state index contributed by atoms with van der Waals surface area (Å²) in [6.45, 7) is 6.56. The monoisotopic (exact) mass is 367 g/mol. The largest absolute Gasteiger partial charge is 0.378 e. The zero-order valence-electron chi connectivity index (χ0n) is 15.8. The van der Waals surface area contributed by atoms with Crippen molar-refractivity contribution in [2.24, 2.45) is 5.10 Å². The second-order valence-electron chi connectivity index (χ2n) is 6.61. The Bertz CT molecular complexity index is 816. The van der Waals surface area contributed by atoms with Gasteiger partial charge in [0.15, 0.2) is 5.82 Å². The Balaban J connectivity index is 1.77. The Hall–Kier alpha value is -2.80. The van der Waals surface area contributed by atoms with Crippen LogP contribution in [0.15, 0.2) is 35.4 Å². The molecule has 1 aromatic carbocycles. The lowest BCUT2D eigenvalue weighted by Gasteiger charge is -2.28. The summed E-state index contributed by atoms with van der Waals surface area (Å²) in [5, 5.41) is 4.30. The molecular formula is C20H25N5O2. The number of nitrogens with one attached hydrogen (secondary N) is 1. The third kappa shape index (κ3) is 5.86. The van der Waals surface area contributed by atoms with E-state index in [1.807, 2.05) is 31.2 Å². The number of aromatic nitrogens is 2. The molecule has 142 valence electrons. The molecule has 2 heterocycles.